The van der Waals surface area contributed by atoms with Crippen LogP contribution in [-0.4, -0.2) is 5.88 Å². The molecule has 1 nitrogen and oxygen atoms in total. The molecule has 0 bridgehead atoms. The van der Waals surface area contributed by atoms with Crippen LogP contribution in [0.5, 0.6) is 0 Å². The number of nitrogens with one attached hydrogen (secondary N) is 1. The maximum absolute atomic E-state index is 13.0. The number of halogens is 1. The Balaban J connectivity index is 2.39. The molecule has 0 aliphatic carbocycles. The normalized spacial score (nSPS) is 15.4. The molecular weight excluding hydrogens is 185 g/mol. The Morgan fingerprint density at radius 1 is 1.38 bits per heavy atom. The molecule has 1 heterocycles. The smallest absolute Gasteiger partial charge is 0.124 e. The van der Waals surface area contributed by atoms with E-state index in [1.54, 1.807) is 17.8 Å². The number of aryl methyl sites for hydroxylation is 1. The maximum atomic E-state index is 13.0. The fourth-order valence-electron chi connectivity index (χ4n) is 1.35. The van der Waals surface area contributed by atoms with Crippen LogP contribution >= 0.6 is 11.8 Å². The van der Waals surface area contributed by atoms with E-state index in [1.165, 1.54) is 6.07 Å². The molecule has 1 aliphatic heterocycles. The first kappa shape index (κ1) is 8.63. The molecule has 0 fully saturated rings. The molecule has 0 saturated heterocycles. The summed E-state index contributed by atoms with van der Waals surface area (Å²) in [6.07, 6.45) is 0. The summed E-state index contributed by atoms with van der Waals surface area (Å²) in [4.78, 5) is 0. The molecule has 1 aromatic rings. The molecule has 0 unspecified atom stereocenters. The van der Waals surface area contributed by atoms with Gasteiger partial charge in [0.25, 0.3) is 0 Å². The largest absolute Gasteiger partial charge is 0.375 e. The van der Waals surface area contributed by atoms with Crippen LogP contribution in [0.15, 0.2) is 23.6 Å². The van der Waals surface area contributed by atoms with Gasteiger partial charge in [0.2, 0.25) is 0 Å². The van der Waals surface area contributed by atoms with Crippen molar-refractivity contribution in [3.63, 3.8) is 0 Å². The van der Waals surface area contributed by atoms with E-state index in [0.29, 0.717) is 0 Å². The molecule has 3 heteroatoms. The average Bonchev–Trinajstić information content (AvgIpc) is 2.53. The molecule has 0 saturated carbocycles. The molecule has 13 heavy (non-hydrogen) atoms. The highest BCUT2D eigenvalue weighted by molar-refractivity contribution is 8.02. The second kappa shape index (κ2) is 3.42. The zero-order valence-electron chi connectivity index (χ0n) is 7.30. The predicted molar refractivity (Wildman–Crippen MR) is 54.7 cm³/mol. The van der Waals surface area contributed by atoms with Gasteiger partial charge in [0, 0.05) is 11.3 Å². The van der Waals surface area contributed by atoms with Gasteiger partial charge in [-0.05, 0) is 36.1 Å². The van der Waals surface area contributed by atoms with Gasteiger partial charge in [0.05, 0.1) is 5.88 Å². The SMILES string of the molecule is Cc1cc(F)cc(C2=CSCN2)c1. The minimum Gasteiger partial charge on any atom is -0.375 e. The highest BCUT2D eigenvalue weighted by atomic mass is 32.2. The third-order valence-electron chi connectivity index (χ3n) is 1.90. The van der Waals surface area contributed by atoms with E-state index < -0.39 is 0 Å². The Morgan fingerprint density at radius 2 is 2.23 bits per heavy atom. The van der Waals surface area contributed by atoms with Crippen molar-refractivity contribution in [2.24, 2.45) is 0 Å². The molecular formula is C10H10FNS. The van der Waals surface area contributed by atoms with Crippen molar-refractivity contribution in [1.82, 2.24) is 5.32 Å². The second-order valence-electron chi connectivity index (χ2n) is 3.04. The summed E-state index contributed by atoms with van der Waals surface area (Å²) in [5, 5.41) is 5.21. The van der Waals surface area contributed by atoms with Crippen LogP contribution in [0, 0.1) is 12.7 Å². The van der Waals surface area contributed by atoms with Gasteiger partial charge in [0.1, 0.15) is 5.82 Å². The van der Waals surface area contributed by atoms with Crippen LogP contribution in [0.25, 0.3) is 5.70 Å². The van der Waals surface area contributed by atoms with Gasteiger partial charge in [-0.1, -0.05) is 0 Å². The van der Waals surface area contributed by atoms with E-state index in [4.69, 9.17) is 0 Å². The highest BCUT2D eigenvalue weighted by Gasteiger charge is 2.07. The average molecular weight is 195 g/mol. The van der Waals surface area contributed by atoms with Gasteiger partial charge in [-0.2, -0.15) is 0 Å². The first-order valence-electron chi connectivity index (χ1n) is 4.09. The molecule has 0 atom stereocenters. The van der Waals surface area contributed by atoms with E-state index >= 15 is 0 Å². The maximum Gasteiger partial charge on any atom is 0.124 e. The van der Waals surface area contributed by atoms with Gasteiger partial charge >= 0.3 is 0 Å². The monoisotopic (exact) mass is 195 g/mol. The summed E-state index contributed by atoms with van der Waals surface area (Å²) in [5.41, 5.74) is 2.91. The fraction of sp³-hybridized carbons (Fsp3) is 0.200. The van der Waals surface area contributed by atoms with E-state index in [9.17, 15) is 4.39 Å². The third-order valence-corrected chi connectivity index (χ3v) is 2.61. The summed E-state index contributed by atoms with van der Waals surface area (Å²) < 4.78 is 13.0. The lowest BCUT2D eigenvalue weighted by atomic mass is 10.1. The Labute approximate surface area is 81.0 Å². The van der Waals surface area contributed by atoms with Gasteiger partial charge in [-0.15, -0.1) is 11.8 Å². The van der Waals surface area contributed by atoms with Crippen LogP contribution in [0.3, 0.4) is 0 Å². The summed E-state index contributed by atoms with van der Waals surface area (Å²) in [5.74, 6) is 0.708. The topological polar surface area (TPSA) is 12.0 Å². The van der Waals surface area contributed by atoms with Crippen LogP contribution in [0.2, 0.25) is 0 Å². The zero-order valence-corrected chi connectivity index (χ0v) is 8.12. The number of benzene rings is 1. The van der Waals surface area contributed by atoms with Gasteiger partial charge in [0.15, 0.2) is 0 Å². The standard InChI is InChI=1S/C10H10FNS/c1-7-2-8(4-9(11)3-7)10-5-13-6-12-10/h2-5,12H,6H2,1H3. The zero-order chi connectivity index (χ0) is 9.26. The Hall–Kier alpha value is -0.960. The number of rotatable bonds is 1. The Morgan fingerprint density at radius 3 is 2.85 bits per heavy atom. The number of hydrogen-bond acceptors (Lipinski definition) is 2. The first-order valence-corrected chi connectivity index (χ1v) is 5.14. The summed E-state index contributed by atoms with van der Waals surface area (Å²) in [6.45, 7) is 1.90. The van der Waals surface area contributed by atoms with E-state index in [-0.39, 0.29) is 5.82 Å². The molecule has 1 aromatic carbocycles. The summed E-state index contributed by atoms with van der Waals surface area (Å²) >= 11 is 1.69. The third kappa shape index (κ3) is 1.86. The van der Waals surface area contributed by atoms with Crippen LogP contribution < -0.4 is 5.32 Å². The number of hydrogen-bond donors (Lipinski definition) is 1. The van der Waals surface area contributed by atoms with Crippen LogP contribution in [-0.2, 0) is 0 Å². The predicted octanol–water partition coefficient (Wildman–Crippen LogP) is 2.73. The molecule has 0 amide bonds. The summed E-state index contributed by atoms with van der Waals surface area (Å²) in [7, 11) is 0. The van der Waals surface area contributed by atoms with E-state index in [1.807, 2.05) is 18.4 Å². The first-order chi connectivity index (χ1) is 6.25. The minimum atomic E-state index is -0.172. The van der Waals surface area contributed by atoms with Crippen molar-refractivity contribution in [3.05, 3.63) is 40.6 Å². The molecule has 0 spiro atoms. The Kier molecular flexibility index (Phi) is 2.27. The molecule has 0 radical (unpaired) electrons. The highest BCUT2D eigenvalue weighted by Crippen LogP contribution is 2.23. The van der Waals surface area contributed by atoms with Gasteiger partial charge in [-0.25, -0.2) is 4.39 Å². The van der Waals surface area contributed by atoms with Gasteiger partial charge in [-0.3, -0.25) is 0 Å². The molecule has 68 valence electrons. The lowest BCUT2D eigenvalue weighted by molar-refractivity contribution is 0.626. The van der Waals surface area contributed by atoms with E-state index in [2.05, 4.69) is 5.32 Å². The van der Waals surface area contributed by atoms with Crippen molar-refractivity contribution in [1.29, 1.82) is 0 Å². The second-order valence-corrected chi connectivity index (χ2v) is 3.89. The molecule has 1 N–H and O–H groups in total. The van der Waals surface area contributed by atoms with Crippen molar-refractivity contribution >= 4 is 17.5 Å². The Bertz CT molecular complexity index is 340. The molecule has 1 aliphatic rings. The molecule has 0 aromatic heterocycles. The van der Waals surface area contributed by atoms with Crippen molar-refractivity contribution in [2.75, 3.05) is 5.88 Å². The van der Waals surface area contributed by atoms with Crippen molar-refractivity contribution in [3.8, 4) is 0 Å². The van der Waals surface area contributed by atoms with Gasteiger partial charge < -0.3 is 5.32 Å². The fourth-order valence-corrected chi connectivity index (χ4v) is 2.06. The lowest BCUT2D eigenvalue weighted by Crippen LogP contribution is -2.05. The number of thioether (sulfide) groups is 1. The minimum absolute atomic E-state index is 0.172. The summed E-state index contributed by atoms with van der Waals surface area (Å²) in [6, 6.07) is 5.07. The molecule has 2 rings (SSSR count). The quantitative estimate of drug-likeness (QED) is 0.739. The van der Waals surface area contributed by atoms with E-state index in [0.717, 1.165) is 22.7 Å². The van der Waals surface area contributed by atoms with Crippen LogP contribution in [0.4, 0.5) is 4.39 Å². The van der Waals surface area contributed by atoms with Crippen molar-refractivity contribution in [2.45, 2.75) is 6.92 Å². The van der Waals surface area contributed by atoms with Crippen molar-refractivity contribution < 1.29 is 4.39 Å². The van der Waals surface area contributed by atoms with Crippen LogP contribution in [0.1, 0.15) is 11.1 Å². The lowest BCUT2D eigenvalue weighted by Gasteiger charge is -2.04.